The quantitative estimate of drug-likeness (QED) is 0.801. The van der Waals surface area contributed by atoms with Gasteiger partial charge in [0.15, 0.2) is 5.82 Å². The lowest BCUT2D eigenvalue weighted by atomic mass is 10.2. The van der Waals surface area contributed by atoms with E-state index in [1.165, 1.54) is 6.07 Å². The van der Waals surface area contributed by atoms with Gasteiger partial charge in [0.1, 0.15) is 5.75 Å². The number of phenols is 1. The summed E-state index contributed by atoms with van der Waals surface area (Å²) in [7, 11) is 0. The molecule has 2 aromatic heterocycles. The van der Waals surface area contributed by atoms with Crippen molar-refractivity contribution in [1.29, 1.82) is 0 Å². The maximum Gasteiger partial charge on any atom is 0.261 e. The van der Waals surface area contributed by atoms with Crippen molar-refractivity contribution in [1.82, 2.24) is 15.1 Å². The van der Waals surface area contributed by atoms with E-state index in [4.69, 9.17) is 16.1 Å². The Kier molecular flexibility index (Phi) is 3.35. The first-order chi connectivity index (χ1) is 9.72. The molecule has 0 aliphatic heterocycles. The molecule has 0 amide bonds. The second-order valence-electron chi connectivity index (χ2n) is 4.21. The summed E-state index contributed by atoms with van der Waals surface area (Å²) in [6, 6.07) is 8.43. The Hall–Kier alpha value is -2.40. The van der Waals surface area contributed by atoms with Gasteiger partial charge in [0.25, 0.3) is 5.89 Å². The highest BCUT2D eigenvalue weighted by atomic mass is 35.5. The van der Waals surface area contributed by atoms with Gasteiger partial charge in [-0.15, -0.1) is 0 Å². The number of phenolic OH excluding ortho intramolecular Hbond substituents is 1. The van der Waals surface area contributed by atoms with E-state index in [0.29, 0.717) is 22.8 Å². The lowest BCUT2D eigenvalue weighted by Crippen LogP contribution is -1.90. The van der Waals surface area contributed by atoms with Crippen LogP contribution in [0.25, 0.3) is 11.5 Å². The average Bonchev–Trinajstić information content (AvgIpc) is 2.91. The third kappa shape index (κ3) is 2.62. The van der Waals surface area contributed by atoms with E-state index < -0.39 is 0 Å². The first-order valence-corrected chi connectivity index (χ1v) is 6.30. The van der Waals surface area contributed by atoms with Gasteiger partial charge in [-0.1, -0.05) is 16.8 Å². The molecule has 3 aromatic rings. The molecule has 100 valence electrons. The molecule has 0 spiro atoms. The smallest absolute Gasteiger partial charge is 0.261 e. The topological polar surface area (TPSA) is 72.0 Å². The molecule has 0 saturated heterocycles. The lowest BCUT2D eigenvalue weighted by molar-refractivity contribution is 0.418. The van der Waals surface area contributed by atoms with Gasteiger partial charge in [-0.25, -0.2) is 0 Å². The number of pyridine rings is 1. The minimum Gasteiger partial charge on any atom is -0.507 e. The zero-order valence-electron chi connectivity index (χ0n) is 10.3. The molecule has 1 N–H and O–H groups in total. The van der Waals surface area contributed by atoms with Gasteiger partial charge in [0.05, 0.1) is 5.56 Å². The average molecular weight is 288 g/mol. The van der Waals surface area contributed by atoms with E-state index in [1.807, 2.05) is 12.1 Å². The molecule has 0 aliphatic rings. The van der Waals surface area contributed by atoms with Crippen molar-refractivity contribution in [3.63, 3.8) is 0 Å². The Bertz CT molecular complexity index is 728. The predicted molar refractivity (Wildman–Crippen MR) is 73.5 cm³/mol. The maximum atomic E-state index is 9.79. The van der Waals surface area contributed by atoms with Crippen LogP contribution >= 0.6 is 11.6 Å². The van der Waals surface area contributed by atoms with E-state index in [9.17, 15) is 5.11 Å². The van der Waals surface area contributed by atoms with Crippen molar-refractivity contribution in [2.45, 2.75) is 6.42 Å². The largest absolute Gasteiger partial charge is 0.507 e. The Morgan fingerprint density at radius 1 is 1.15 bits per heavy atom. The summed E-state index contributed by atoms with van der Waals surface area (Å²) in [5.74, 6) is 0.827. The van der Waals surface area contributed by atoms with Crippen LogP contribution in [0.5, 0.6) is 5.75 Å². The Morgan fingerprint density at radius 3 is 2.75 bits per heavy atom. The number of halogens is 1. The summed E-state index contributed by atoms with van der Waals surface area (Å²) in [6.45, 7) is 0. The molecule has 6 heteroatoms. The second-order valence-corrected chi connectivity index (χ2v) is 4.65. The zero-order valence-corrected chi connectivity index (χ0v) is 11.1. The summed E-state index contributed by atoms with van der Waals surface area (Å²) < 4.78 is 5.16. The molecule has 0 fully saturated rings. The molecule has 0 bridgehead atoms. The Labute approximate surface area is 119 Å². The molecule has 0 aliphatic carbocycles. The molecular weight excluding hydrogens is 278 g/mol. The van der Waals surface area contributed by atoms with E-state index in [-0.39, 0.29) is 11.6 Å². The SMILES string of the molecule is Oc1ccc(Cl)cc1-c1nc(Cc2ccncc2)no1. The van der Waals surface area contributed by atoms with Gasteiger partial charge in [0, 0.05) is 23.8 Å². The molecule has 0 unspecified atom stereocenters. The predicted octanol–water partition coefficient (Wildman–Crippen LogP) is 3.08. The van der Waals surface area contributed by atoms with Crippen molar-refractivity contribution in [3.8, 4) is 17.2 Å². The highest BCUT2D eigenvalue weighted by molar-refractivity contribution is 6.30. The fourth-order valence-electron chi connectivity index (χ4n) is 1.80. The lowest BCUT2D eigenvalue weighted by Gasteiger charge is -1.99. The number of nitrogens with zero attached hydrogens (tertiary/aromatic N) is 3. The van der Waals surface area contributed by atoms with Gasteiger partial charge in [-0.2, -0.15) is 4.98 Å². The summed E-state index contributed by atoms with van der Waals surface area (Å²) in [6.07, 6.45) is 3.95. The number of aromatic nitrogens is 3. The third-order valence-corrected chi connectivity index (χ3v) is 3.00. The zero-order chi connectivity index (χ0) is 13.9. The number of hydrogen-bond donors (Lipinski definition) is 1. The first kappa shape index (κ1) is 12.6. The number of hydrogen-bond acceptors (Lipinski definition) is 5. The molecule has 0 atom stereocenters. The van der Waals surface area contributed by atoms with Crippen molar-refractivity contribution >= 4 is 11.6 Å². The molecule has 20 heavy (non-hydrogen) atoms. The molecule has 0 radical (unpaired) electrons. The molecule has 3 rings (SSSR count). The normalized spacial score (nSPS) is 10.7. The number of aromatic hydroxyl groups is 1. The fourth-order valence-corrected chi connectivity index (χ4v) is 1.97. The van der Waals surface area contributed by atoms with Gasteiger partial charge in [-0.3, -0.25) is 4.98 Å². The Morgan fingerprint density at radius 2 is 1.95 bits per heavy atom. The van der Waals surface area contributed by atoms with Crippen LogP contribution in [0, 0.1) is 0 Å². The number of rotatable bonds is 3. The maximum absolute atomic E-state index is 9.79. The minimum absolute atomic E-state index is 0.0495. The van der Waals surface area contributed by atoms with Crippen molar-refractivity contribution in [2.24, 2.45) is 0 Å². The van der Waals surface area contributed by atoms with Crippen LogP contribution in [0.4, 0.5) is 0 Å². The van der Waals surface area contributed by atoms with E-state index >= 15 is 0 Å². The van der Waals surface area contributed by atoms with Crippen LogP contribution in [0.2, 0.25) is 5.02 Å². The van der Waals surface area contributed by atoms with Crippen molar-refractivity contribution < 1.29 is 9.63 Å². The third-order valence-electron chi connectivity index (χ3n) is 2.77. The number of benzene rings is 1. The van der Waals surface area contributed by atoms with Gasteiger partial charge >= 0.3 is 0 Å². The van der Waals surface area contributed by atoms with Crippen LogP contribution in [-0.4, -0.2) is 20.2 Å². The monoisotopic (exact) mass is 287 g/mol. The summed E-state index contributed by atoms with van der Waals surface area (Å²) in [4.78, 5) is 8.21. The standard InChI is InChI=1S/C14H10ClN3O2/c15-10-1-2-12(19)11(8-10)14-17-13(18-20-14)7-9-3-5-16-6-4-9/h1-6,8,19H,7H2. The second kappa shape index (κ2) is 5.30. The van der Waals surface area contributed by atoms with E-state index in [2.05, 4.69) is 15.1 Å². The summed E-state index contributed by atoms with van der Waals surface area (Å²) in [5, 5.41) is 14.2. The van der Waals surface area contributed by atoms with Crippen LogP contribution in [0.3, 0.4) is 0 Å². The fraction of sp³-hybridized carbons (Fsp3) is 0.0714. The Balaban J connectivity index is 1.88. The molecule has 0 saturated carbocycles. The van der Waals surface area contributed by atoms with Crippen molar-refractivity contribution in [3.05, 3.63) is 59.1 Å². The molecule has 1 aromatic carbocycles. The van der Waals surface area contributed by atoms with Gasteiger partial charge in [-0.05, 0) is 35.9 Å². The van der Waals surface area contributed by atoms with Gasteiger partial charge in [0.2, 0.25) is 0 Å². The van der Waals surface area contributed by atoms with Crippen LogP contribution in [0.1, 0.15) is 11.4 Å². The van der Waals surface area contributed by atoms with E-state index in [1.54, 1.807) is 24.5 Å². The first-order valence-electron chi connectivity index (χ1n) is 5.93. The minimum atomic E-state index is 0.0495. The van der Waals surface area contributed by atoms with Crippen LogP contribution < -0.4 is 0 Å². The van der Waals surface area contributed by atoms with Crippen molar-refractivity contribution in [2.75, 3.05) is 0 Å². The highest BCUT2D eigenvalue weighted by Crippen LogP contribution is 2.30. The molecule has 2 heterocycles. The summed E-state index contributed by atoms with van der Waals surface area (Å²) in [5.41, 5.74) is 1.45. The van der Waals surface area contributed by atoms with Crippen LogP contribution in [0.15, 0.2) is 47.2 Å². The van der Waals surface area contributed by atoms with Gasteiger partial charge < -0.3 is 9.63 Å². The highest BCUT2D eigenvalue weighted by Gasteiger charge is 2.13. The summed E-state index contributed by atoms with van der Waals surface area (Å²) >= 11 is 5.90. The molecular formula is C14H10ClN3O2. The molecule has 5 nitrogen and oxygen atoms in total. The van der Waals surface area contributed by atoms with E-state index in [0.717, 1.165) is 5.56 Å². The van der Waals surface area contributed by atoms with Crippen LogP contribution in [-0.2, 0) is 6.42 Å².